The molecule has 3 nitrogen and oxygen atoms in total. The van der Waals surface area contributed by atoms with Crippen molar-refractivity contribution in [3.05, 3.63) is 39.7 Å². The number of aryl methyl sites for hydroxylation is 1. The predicted molar refractivity (Wildman–Crippen MR) is 53.2 cm³/mol. The van der Waals surface area contributed by atoms with Crippen LogP contribution in [0.3, 0.4) is 0 Å². The lowest BCUT2D eigenvalue weighted by Crippen LogP contribution is -1.81. The van der Waals surface area contributed by atoms with Crippen molar-refractivity contribution in [3.8, 4) is 0 Å². The van der Waals surface area contributed by atoms with Gasteiger partial charge in [0.05, 0.1) is 4.92 Å². The number of nitrogens with zero attached hydrogens (tertiary/aromatic N) is 1. The number of hydrogen-bond acceptors (Lipinski definition) is 3. The smallest absolute Gasteiger partial charge is 0.258 e. The maximum atomic E-state index is 13.3. The van der Waals surface area contributed by atoms with Gasteiger partial charge in [-0.05, 0) is 24.6 Å². The lowest BCUT2D eigenvalue weighted by Gasteiger charge is -1.93. The Labute approximate surface area is 82.9 Å². The summed E-state index contributed by atoms with van der Waals surface area (Å²) >= 11 is 0.995. The number of nitro groups is 1. The van der Waals surface area contributed by atoms with Crippen molar-refractivity contribution in [3.63, 3.8) is 0 Å². The van der Waals surface area contributed by atoms with Crippen LogP contribution >= 0.6 is 11.3 Å². The van der Waals surface area contributed by atoms with E-state index in [-0.39, 0.29) is 5.00 Å². The monoisotopic (exact) mass is 211 g/mol. The fourth-order valence-corrected chi connectivity index (χ4v) is 2.29. The van der Waals surface area contributed by atoms with Gasteiger partial charge in [-0.2, -0.15) is 0 Å². The molecule has 2 aromatic rings. The molecule has 0 radical (unpaired) electrons. The highest BCUT2D eigenvalue weighted by Gasteiger charge is 2.14. The molecule has 14 heavy (non-hydrogen) atoms. The van der Waals surface area contributed by atoms with Crippen molar-refractivity contribution in [2.24, 2.45) is 0 Å². The van der Waals surface area contributed by atoms with Crippen LogP contribution in [0, 0.1) is 22.9 Å². The summed E-state index contributed by atoms with van der Waals surface area (Å²) in [6, 6.07) is 4.39. The molecular weight excluding hydrogens is 205 g/mol. The van der Waals surface area contributed by atoms with Crippen LogP contribution < -0.4 is 0 Å². The molecule has 0 unspecified atom stereocenters. The molecule has 0 aliphatic carbocycles. The lowest BCUT2D eigenvalue weighted by molar-refractivity contribution is -0.380. The SMILES string of the molecule is Cc1cc(F)c2cc([N+](=O)[O-])sc2c1. The molecular formula is C9H6FNO2S. The predicted octanol–water partition coefficient (Wildman–Crippen LogP) is 3.26. The van der Waals surface area contributed by atoms with Crippen molar-refractivity contribution in [1.29, 1.82) is 0 Å². The van der Waals surface area contributed by atoms with Gasteiger partial charge in [0.25, 0.3) is 0 Å². The molecule has 0 amide bonds. The summed E-state index contributed by atoms with van der Waals surface area (Å²) in [5.74, 6) is -0.399. The molecule has 1 aromatic heterocycles. The van der Waals surface area contributed by atoms with Crippen LogP contribution in [-0.2, 0) is 0 Å². The van der Waals surface area contributed by atoms with Gasteiger partial charge in [0.2, 0.25) is 0 Å². The Morgan fingerprint density at radius 1 is 1.43 bits per heavy atom. The van der Waals surface area contributed by atoms with Crippen LogP contribution in [0.1, 0.15) is 5.56 Å². The molecule has 0 atom stereocenters. The maximum Gasteiger partial charge on any atom is 0.325 e. The van der Waals surface area contributed by atoms with Crippen LogP contribution in [0.2, 0.25) is 0 Å². The molecule has 1 heterocycles. The lowest BCUT2D eigenvalue weighted by atomic mass is 10.2. The minimum atomic E-state index is -0.501. The van der Waals surface area contributed by atoms with Crippen molar-refractivity contribution in [2.75, 3.05) is 0 Å². The van der Waals surface area contributed by atoms with Gasteiger partial charge in [0, 0.05) is 16.2 Å². The topological polar surface area (TPSA) is 43.1 Å². The van der Waals surface area contributed by atoms with E-state index in [0.29, 0.717) is 10.1 Å². The maximum absolute atomic E-state index is 13.3. The van der Waals surface area contributed by atoms with E-state index >= 15 is 0 Å². The summed E-state index contributed by atoms with van der Waals surface area (Å²) in [5.41, 5.74) is 0.770. The van der Waals surface area contributed by atoms with E-state index in [4.69, 9.17) is 0 Å². The van der Waals surface area contributed by atoms with E-state index < -0.39 is 10.7 Å². The molecule has 1 aromatic carbocycles. The van der Waals surface area contributed by atoms with Crippen molar-refractivity contribution in [1.82, 2.24) is 0 Å². The Hall–Kier alpha value is -1.49. The minimum absolute atomic E-state index is 0.0236. The number of benzene rings is 1. The molecule has 0 saturated heterocycles. The second kappa shape index (κ2) is 3.02. The second-order valence-electron chi connectivity index (χ2n) is 3.00. The highest BCUT2D eigenvalue weighted by atomic mass is 32.1. The summed E-state index contributed by atoms with van der Waals surface area (Å²) in [6.45, 7) is 1.76. The zero-order chi connectivity index (χ0) is 10.3. The average molecular weight is 211 g/mol. The fraction of sp³-hybridized carbons (Fsp3) is 0.111. The van der Waals surface area contributed by atoms with E-state index in [0.717, 1.165) is 16.9 Å². The molecule has 5 heteroatoms. The van der Waals surface area contributed by atoms with E-state index in [2.05, 4.69) is 0 Å². The average Bonchev–Trinajstić information content (AvgIpc) is 2.47. The Morgan fingerprint density at radius 3 is 2.79 bits per heavy atom. The molecule has 72 valence electrons. The van der Waals surface area contributed by atoms with Crippen molar-refractivity contribution >= 4 is 26.4 Å². The highest BCUT2D eigenvalue weighted by Crippen LogP contribution is 2.33. The van der Waals surface area contributed by atoms with Gasteiger partial charge in [-0.1, -0.05) is 11.3 Å². The van der Waals surface area contributed by atoms with Crippen LogP contribution in [0.5, 0.6) is 0 Å². The molecule has 0 N–H and O–H groups in total. The summed E-state index contributed by atoms with van der Waals surface area (Å²) in [5, 5.41) is 10.8. The van der Waals surface area contributed by atoms with E-state index in [9.17, 15) is 14.5 Å². The Bertz CT molecular complexity index is 521. The van der Waals surface area contributed by atoms with Crippen LogP contribution in [-0.4, -0.2) is 4.92 Å². The Morgan fingerprint density at radius 2 is 2.14 bits per heavy atom. The third kappa shape index (κ3) is 1.35. The minimum Gasteiger partial charge on any atom is -0.258 e. The molecule has 2 rings (SSSR count). The van der Waals surface area contributed by atoms with Crippen molar-refractivity contribution < 1.29 is 9.31 Å². The Kier molecular flexibility index (Phi) is 1.96. The van der Waals surface area contributed by atoms with Crippen LogP contribution in [0.15, 0.2) is 18.2 Å². The van der Waals surface area contributed by atoms with Crippen molar-refractivity contribution in [2.45, 2.75) is 6.92 Å². The standard InChI is InChI=1S/C9H6FNO2S/c1-5-2-7(10)6-4-9(11(12)13)14-8(6)3-5/h2-4H,1H3. The van der Waals surface area contributed by atoms with E-state index in [1.54, 1.807) is 13.0 Å². The zero-order valence-corrected chi connectivity index (χ0v) is 8.10. The number of hydrogen-bond donors (Lipinski definition) is 0. The number of rotatable bonds is 1. The third-order valence-electron chi connectivity index (χ3n) is 1.90. The van der Waals surface area contributed by atoms with Gasteiger partial charge in [-0.25, -0.2) is 4.39 Å². The first-order valence-corrected chi connectivity index (χ1v) is 4.73. The van der Waals surface area contributed by atoms with Gasteiger partial charge in [-0.3, -0.25) is 10.1 Å². The number of halogens is 1. The summed E-state index contributed by atoms with van der Waals surface area (Å²) < 4.78 is 13.9. The van der Waals surface area contributed by atoms with Gasteiger partial charge in [0.15, 0.2) is 0 Å². The Balaban J connectivity index is 2.76. The number of thiophene rings is 1. The summed E-state index contributed by atoms with van der Waals surface area (Å²) in [7, 11) is 0. The summed E-state index contributed by atoms with van der Waals surface area (Å²) in [6.07, 6.45) is 0. The molecule has 0 aliphatic rings. The molecule has 0 aliphatic heterocycles. The summed E-state index contributed by atoms with van der Waals surface area (Å²) in [4.78, 5) is 9.96. The van der Waals surface area contributed by atoms with Gasteiger partial charge < -0.3 is 0 Å². The number of fused-ring (bicyclic) bond motifs is 1. The largest absolute Gasteiger partial charge is 0.325 e. The van der Waals surface area contributed by atoms with Crippen LogP contribution in [0.25, 0.3) is 10.1 Å². The third-order valence-corrected chi connectivity index (χ3v) is 2.93. The highest BCUT2D eigenvalue weighted by molar-refractivity contribution is 7.22. The fourth-order valence-electron chi connectivity index (χ4n) is 1.30. The normalized spacial score (nSPS) is 10.7. The second-order valence-corrected chi connectivity index (χ2v) is 4.06. The first-order valence-electron chi connectivity index (χ1n) is 3.92. The van der Waals surface area contributed by atoms with E-state index in [1.165, 1.54) is 12.1 Å². The quantitative estimate of drug-likeness (QED) is 0.536. The molecule has 0 saturated carbocycles. The molecule has 0 spiro atoms. The first-order chi connectivity index (χ1) is 6.58. The van der Waals surface area contributed by atoms with Gasteiger partial charge in [0.1, 0.15) is 5.82 Å². The van der Waals surface area contributed by atoms with Gasteiger partial charge >= 0.3 is 5.00 Å². The zero-order valence-electron chi connectivity index (χ0n) is 7.28. The molecule has 0 fully saturated rings. The van der Waals surface area contributed by atoms with E-state index in [1.807, 2.05) is 0 Å². The molecule has 0 bridgehead atoms. The van der Waals surface area contributed by atoms with Gasteiger partial charge in [-0.15, -0.1) is 0 Å². The first kappa shape index (κ1) is 9.08. The van der Waals surface area contributed by atoms with Crippen LogP contribution in [0.4, 0.5) is 9.39 Å².